The van der Waals surface area contributed by atoms with Gasteiger partial charge in [0.2, 0.25) is 0 Å². The van der Waals surface area contributed by atoms with E-state index in [9.17, 15) is 9.59 Å². The predicted octanol–water partition coefficient (Wildman–Crippen LogP) is 8.10. The van der Waals surface area contributed by atoms with Gasteiger partial charge in [-0.15, -0.1) is 0 Å². The van der Waals surface area contributed by atoms with Crippen molar-refractivity contribution in [2.45, 2.75) is 91.1 Å². The molecule has 0 bridgehead atoms. The predicted molar refractivity (Wildman–Crippen MR) is 173 cm³/mol. The van der Waals surface area contributed by atoms with Crippen LogP contribution >= 0.6 is 67.8 Å². The number of benzene rings is 1. The highest BCUT2D eigenvalue weighted by atomic mass is 127. The molecule has 1 aromatic rings. The molecule has 4 aliphatic rings. The van der Waals surface area contributed by atoms with Crippen LogP contribution in [0.2, 0.25) is 0 Å². The Balaban J connectivity index is 1.27. The average Bonchev–Trinajstić information content (AvgIpc) is 3.17. The minimum absolute atomic E-state index is 0.0284. The number of anilines is 1. The van der Waals surface area contributed by atoms with E-state index in [1.807, 2.05) is 0 Å². The minimum atomic E-state index is -0.157. The molecule has 5 rings (SSSR count). The zero-order valence-corrected chi connectivity index (χ0v) is 28.5. The summed E-state index contributed by atoms with van der Waals surface area (Å²) in [6.45, 7) is 6.79. The zero-order chi connectivity index (χ0) is 26.7. The van der Waals surface area contributed by atoms with Crippen molar-refractivity contribution in [2.75, 3.05) is 5.73 Å². The molecular formula is C30H38I3NO3. The van der Waals surface area contributed by atoms with Crippen molar-refractivity contribution in [3.63, 3.8) is 0 Å². The number of esters is 1. The van der Waals surface area contributed by atoms with Gasteiger partial charge in [0.15, 0.2) is 0 Å². The minimum Gasteiger partial charge on any atom is -0.462 e. The Morgan fingerprint density at radius 2 is 1.81 bits per heavy atom. The number of halogens is 3. The quantitative estimate of drug-likeness (QED) is 0.141. The van der Waals surface area contributed by atoms with E-state index in [4.69, 9.17) is 10.5 Å². The van der Waals surface area contributed by atoms with E-state index in [-0.39, 0.29) is 28.8 Å². The van der Waals surface area contributed by atoms with Crippen molar-refractivity contribution < 1.29 is 14.3 Å². The van der Waals surface area contributed by atoms with E-state index in [0.717, 1.165) is 79.7 Å². The van der Waals surface area contributed by atoms with E-state index >= 15 is 0 Å². The van der Waals surface area contributed by atoms with Gasteiger partial charge in [0.1, 0.15) is 11.9 Å². The lowest BCUT2D eigenvalue weighted by Crippen LogP contribution is -2.50. The molecule has 1 aromatic carbocycles. The number of carbonyl (C=O) groups is 2. The molecule has 2 N–H and O–H groups in total. The number of carbonyl (C=O) groups excluding carboxylic acids is 2. The topological polar surface area (TPSA) is 69.4 Å². The average molecular weight is 841 g/mol. The number of hydrogen-bond donors (Lipinski definition) is 1. The van der Waals surface area contributed by atoms with Crippen LogP contribution in [0.25, 0.3) is 0 Å². The number of Topliss-reactive ketones (excluding diaryl/α,β-unsaturated/α-hetero) is 1. The summed E-state index contributed by atoms with van der Waals surface area (Å²) in [5.41, 5.74) is 9.88. The maximum atomic E-state index is 13.4. The number of ether oxygens (including phenoxy) is 1. The van der Waals surface area contributed by atoms with Gasteiger partial charge in [-0.1, -0.05) is 32.4 Å². The third-order valence-electron chi connectivity index (χ3n) is 10.6. The Morgan fingerprint density at radius 3 is 2.54 bits per heavy atom. The normalized spacial score (nSPS) is 35.7. The van der Waals surface area contributed by atoms with Crippen LogP contribution in [0.4, 0.5) is 5.69 Å². The second kappa shape index (κ2) is 10.8. The van der Waals surface area contributed by atoms with Crippen LogP contribution in [0.5, 0.6) is 0 Å². The molecule has 7 atom stereocenters. The van der Waals surface area contributed by atoms with E-state index in [1.54, 1.807) is 0 Å². The Labute approximate surface area is 262 Å². The molecule has 0 aromatic heterocycles. The van der Waals surface area contributed by atoms with Crippen molar-refractivity contribution in [1.29, 1.82) is 0 Å². The largest absolute Gasteiger partial charge is 0.462 e. The van der Waals surface area contributed by atoms with Crippen LogP contribution in [-0.4, -0.2) is 17.9 Å². The standard InChI is InChI=1S/C30H38I3NO3/c1-4-16(13-20-23(31)15-24(32)27(34)26(20)33)28(36)37-18-9-11-29(2)17(14-18)5-6-19-21-7-8-25(35)30(21,3)12-10-22(19)29/h5,15-16,18-19,21-22H,4,6-14,34H2,1-3H3. The van der Waals surface area contributed by atoms with Crippen molar-refractivity contribution in [1.82, 2.24) is 0 Å². The lowest BCUT2D eigenvalue weighted by molar-refractivity contribution is -0.156. The Bertz CT molecular complexity index is 1150. The Hall–Kier alpha value is 0.0900. The molecule has 37 heavy (non-hydrogen) atoms. The molecule has 3 fully saturated rings. The molecule has 0 saturated heterocycles. The van der Waals surface area contributed by atoms with Gasteiger partial charge in [-0.3, -0.25) is 9.59 Å². The van der Waals surface area contributed by atoms with Crippen molar-refractivity contribution in [3.8, 4) is 0 Å². The lowest BCUT2D eigenvalue weighted by atomic mass is 9.48. The molecule has 7 heteroatoms. The highest BCUT2D eigenvalue weighted by Crippen LogP contribution is 2.64. The first kappa shape index (κ1) is 28.6. The molecule has 0 heterocycles. The summed E-state index contributed by atoms with van der Waals surface area (Å²) >= 11 is 6.96. The van der Waals surface area contributed by atoms with Crippen molar-refractivity contribution in [3.05, 3.63) is 34.0 Å². The molecule has 3 saturated carbocycles. The van der Waals surface area contributed by atoms with Gasteiger partial charge in [-0.05, 0) is 154 Å². The molecule has 0 aliphatic heterocycles. The fourth-order valence-corrected chi connectivity index (χ4v) is 12.0. The number of ketones is 1. The van der Waals surface area contributed by atoms with E-state index in [0.29, 0.717) is 30.0 Å². The van der Waals surface area contributed by atoms with Gasteiger partial charge in [-0.2, -0.15) is 0 Å². The molecule has 0 radical (unpaired) electrons. The molecule has 4 nitrogen and oxygen atoms in total. The van der Waals surface area contributed by atoms with Gasteiger partial charge in [0.25, 0.3) is 0 Å². The number of hydrogen-bond acceptors (Lipinski definition) is 4. The number of nitrogen functional groups attached to an aromatic ring is 1. The number of rotatable bonds is 5. The maximum absolute atomic E-state index is 13.4. The zero-order valence-electron chi connectivity index (χ0n) is 22.0. The number of nitrogens with two attached hydrogens (primary N) is 1. The fourth-order valence-electron chi connectivity index (χ4n) is 8.24. The van der Waals surface area contributed by atoms with Crippen LogP contribution in [0.3, 0.4) is 0 Å². The third-order valence-corrected chi connectivity index (χ3v) is 13.7. The van der Waals surface area contributed by atoms with Crippen LogP contribution in [0, 0.1) is 45.2 Å². The Kier molecular flexibility index (Phi) is 8.37. The van der Waals surface area contributed by atoms with Gasteiger partial charge in [0.05, 0.1) is 11.6 Å². The van der Waals surface area contributed by atoms with Crippen LogP contribution in [0.15, 0.2) is 17.7 Å². The number of fused-ring (bicyclic) bond motifs is 5. The summed E-state index contributed by atoms with van der Waals surface area (Å²) in [5.74, 6) is 2.13. The SMILES string of the molecule is CCC(Cc1c(I)cc(I)c(N)c1I)C(=O)OC1CCC2(C)C(=CCC3C4CCC(=O)C4(C)CCC32)C1. The summed E-state index contributed by atoms with van der Waals surface area (Å²) in [5, 5.41) is 0. The van der Waals surface area contributed by atoms with Gasteiger partial charge < -0.3 is 10.5 Å². The summed E-state index contributed by atoms with van der Waals surface area (Å²) in [6.07, 6.45) is 11.9. The summed E-state index contributed by atoms with van der Waals surface area (Å²) in [4.78, 5) is 26.1. The highest BCUT2D eigenvalue weighted by Gasteiger charge is 2.58. The van der Waals surface area contributed by atoms with Crippen LogP contribution in [0.1, 0.15) is 84.1 Å². The van der Waals surface area contributed by atoms with E-state index in [2.05, 4.69) is 101 Å². The maximum Gasteiger partial charge on any atom is 0.309 e. The second-order valence-corrected chi connectivity index (χ2v) is 15.7. The highest BCUT2D eigenvalue weighted by molar-refractivity contribution is 14.1. The molecule has 202 valence electrons. The lowest BCUT2D eigenvalue weighted by Gasteiger charge is -2.56. The summed E-state index contributed by atoms with van der Waals surface area (Å²) in [6, 6.07) is 2.10. The van der Waals surface area contributed by atoms with Gasteiger partial charge in [-0.25, -0.2) is 0 Å². The van der Waals surface area contributed by atoms with Crippen molar-refractivity contribution in [2.24, 2.45) is 34.5 Å². The molecule has 7 unspecified atom stereocenters. The molecule has 0 spiro atoms. The van der Waals surface area contributed by atoms with Crippen LogP contribution < -0.4 is 5.73 Å². The second-order valence-electron chi connectivity index (χ2n) is 12.3. The summed E-state index contributed by atoms with van der Waals surface area (Å²) in [7, 11) is 0. The fraction of sp³-hybridized carbons (Fsp3) is 0.667. The smallest absolute Gasteiger partial charge is 0.309 e. The molecule has 0 amide bonds. The Morgan fingerprint density at radius 1 is 1.11 bits per heavy atom. The number of allylic oxidation sites excluding steroid dienone is 1. The monoisotopic (exact) mass is 841 g/mol. The van der Waals surface area contributed by atoms with E-state index < -0.39 is 0 Å². The molecule has 4 aliphatic carbocycles. The van der Waals surface area contributed by atoms with Gasteiger partial charge in [0, 0.05) is 29.0 Å². The first-order valence-corrected chi connectivity index (χ1v) is 17.1. The van der Waals surface area contributed by atoms with Gasteiger partial charge >= 0.3 is 5.97 Å². The van der Waals surface area contributed by atoms with Crippen molar-refractivity contribution >= 4 is 85.2 Å². The van der Waals surface area contributed by atoms with E-state index in [1.165, 1.54) is 5.57 Å². The molecular weight excluding hydrogens is 803 g/mol. The third kappa shape index (κ3) is 4.95. The first-order chi connectivity index (χ1) is 17.5. The first-order valence-electron chi connectivity index (χ1n) is 13.8. The summed E-state index contributed by atoms with van der Waals surface area (Å²) < 4.78 is 9.49. The van der Waals surface area contributed by atoms with Crippen LogP contribution in [-0.2, 0) is 20.7 Å².